The first-order chi connectivity index (χ1) is 9.69. The van der Waals surface area contributed by atoms with E-state index >= 15 is 0 Å². The molecular weight excluding hydrogens is 252 g/mol. The van der Waals surface area contributed by atoms with Gasteiger partial charge >= 0.3 is 0 Å². The van der Waals surface area contributed by atoms with Gasteiger partial charge in [-0.05, 0) is 49.5 Å². The smallest absolute Gasteiger partial charge is 0.161 e. The number of nitrogens with zero attached hydrogens (tertiary/aromatic N) is 2. The van der Waals surface area contributed by atoms with Crippen molar-refractivity contribution in [2.45, 2.75) is 25.8 Å². The topological polar surface area (TPSA) is 45.5 Å². The van der Waals surface area contributed by atoms with E-state index in [2.05, 4.69) is 17.9 Å². The maximum absolute atomic E-state index is 9.52. The molecule has 1 aliphatic heterocycles. The lowest BCUT2D eigenvalue weighted by molar-refractivity contribution is 0.164. The van der Waals surface area contributed by atoms with Crippen LogP contribution in [-0.4, -0.2) is 32.2 Å². The van der Waals surface area contributed by atoms with Gasteiger partial charge in [-0.25, -0.2) is 0 Å². The molecule has 1 saturated heterocycles. The number of rotatable bonds is 4. The summed E-state index contributed by atoms with van der Waals surface area (Å²) in [4.78, 5) is 2.25. The highest BCUT2D eigenvalue weighted by atomic mass is 16.5. The summed E-state index contributed by atoms with van der Waals surface area (Å²) < 4.78 is 10.6. The number of piperidine rings is 1. The van der Waals surface area contributed by atoms with E-state index in [0.717, 1.165) is 37.4 Å². The van der Waals surface area contributed by atoms with Gasteiger partial charge in [0.25, 0.3) is 0 Å². The van der Waals surface area contributed by atoms with Crippen LogP contribution in [0.2, 0.25) is 0 Å². The highest BCUT2D eigenvalue weighted by Crippen LogP contribution is 2.33. The van der Waals surface area contributed by atoms with Gasteiger partial charge in [-0.15, -0.1) is 0 Å². The van der Waals surface area contributed by atoms with E-state index in [1.54, 1.807) is 14.2 Å². The van der Waals surface area contributed by atoms with Crippen LogP contribution < -0.4 is 9.47 Å². The molecule has 0 aliphatic carbocycles. The molecular formula is C16H22N2O2. The van der Waals surface area contributed by atoms with Crippen LogP contribution >= 0.6 is 0 Å². The minimum Gasteiger partial charge on any atom is -0.493 e. The first-order valence-corrected chi connectivity index (χ1v) is 7.05. The van der Waals surface area contributed by atoms with Gasteiger partial charge in [0.2, 0.25) is 0 Å². The number of benzene rings is 1. The van der Waals surface area contributed by atoms with Crippen molar-refractivity contribution < 1.29 is 9.47 Å². The molecule has 1 atom stereocenters. The Morgan fingerprint density at radius 2 is 1.85 bits per heavy atom. The van der Waals surface area contributed by atoms with Crippen LogP contribution in [-0.2, 0) is 0 Å². The van der Waals surface area contributed by atoms with Gasteiger partial charge in [0.1, 0.15) is 6.04 Å². The Balaban J connectivity index is 2.21. The predicted molar refractivity (Wildman–Crippen MR) is 77.9 cm³/mol. The van der Waals surface area contributed by atoms with Crippen LogP contribution in [0.1, 0.15) is 31.4 Å². The molecule has 108 valence electrons. The molecule has 4 heteroatoms. The fourth-order valence-corrected chi connectivity index (χ4v) is 2.68. The fraction of sp³-hybridized carbons (Fsp3) is 0.562. The number of ether oxygens (including phenoxy) is 2. The number of likely N-dealkylation sites (tertiary alicyclic amines) is 1. The van der Waals surface area contributed by atoms with Crippen LogP contribution in [0.5, 0.6) is 11.5 Å². The first-order valence-electron chi connectivity index (χ1n) is 7.05. The van der Waals surface area contributed by atoms with Crippen molar-refractivity contribution in [1.82, 2.24) is 4.90 Å². The molecule has 2 rings (SSSR count). The summed E-state index contributed by atoms with van der Waals surface area (Å²) in [7, 11) is 3.23. The maximum Gasteiger partial charge on any atom is 0.161 e. The molecule has 4 nitrogen and oxygen atoms in total. The number of nitriles is 1. The van der Waals surface area contributed by atoms with Gasteiger partial charge in [-0.1, -0.05) is 13.0 Å². The van der Waals surface area contributed by atoms with E-state index in [9.17, 15) is 5.26 Å². The summed E-state index contributed by atoms with van der Waals surface area (Å²) in [5.74, 6) is 2.13. The minimum absolute atomic E-state index is 0.206. The van der Waals surface area contributed by atoms with Crippen LogP contribution in [0.25, 0.3) is 0 Å². The predicted octanol–water partition coefficient (Wildman–Crippen LogP) is 3.00. The largest absolute Gasteiger partial charge is 0.493 e. The first kappa shape index (κ1) is 14.7. The summed E-state index contributed by atoms with van der Waals surface area (Å²) in [6, 6.07) is 7.94. The molecule has 20 heavy (non-hydrogen) atoms. The zero-order valence-electron chi connectivity index (χ0n) is 12.4. The van der Waals surface area contributed by atoms with Crippen LogP contribution in [0.15, 0.2) is 18.2 Å². The molecule has 0 saturated carbocycles. The second-order valence-electron chi connectivity index (χ2n) is 5.36. The van der Waals surface area contributed by atoms with Crippen molar-refractivity contribution in [2.24, 2.45) is 5.92 Å². The second kappa shape index (κ2) is 6.62. The fourth-order valence-electron chi connectivity index (χ4n) is 2.68. The average molecular weight is 274 g/mol. The highest BCUT2D eigenvalue weighted by Gasteiger charge is 2.25. The van der Waals surface area contributed by atoms with Crippen molar-refractivity contribution in [2.75, 3.05) is 27.3 Å². The quantitative estimate of drug-likeness (QED) is 0.846. The molecule has 1 aromatic rings. The van der Waals surface area contributed by atoms with E-state index in [0.29, 0.717) is 11.5 Å². The maximum atomic E-state index is 9.52. The lowest BCUT2D eigenvalue weighted by atomic mass is 9.96. The van der Waals surface area contributed by atoms with Gasteiger partial charge in [0, 0.05) is 0 Å². The molecule has 1 fully saturated rings. The second-order valence-corrected chi connectivity index (χ2v) is 5.36. The molecule has 0 spiro atoms. The molecule has 0 amide bonds. The van der Waals surface area contributed by atoms with Crippen molar-refractivity contribution in [1.29, 1.82) is 5.26 Å². The van der Waals surface area contributed by atoms with Gasteiger partial charge in [0.15, 0.2) is 11.5 Å². The molecule has 0 N–H and O–H groups in total. The normalized spacial score (nSPS) is 18.3. The Morgan fingerprint density at radius 1 is 1.20 bits per heavy atom. The van der Waals surface area contributed by atoms with E-state index in [4.69, 9.17) is 9.47 Å². The SMILES string of the molecule is COc1ccc(C(C#N)N2CCC(C)CC2)cc1OC. The zero-order valence-corrected chi connectivity index (χ0v) is 12.4. The van der Waals surface area contributed by atoms with Crippen LogP contribution in [0.3, 0.4) is 0 Å². The summed E-state index contributed by atoms with van der Waals surface area (Å²) in [5.41, 5.74) is 0.972. The number of methoxy groups -OCH3 is 2. The third-order valence-corrected chi connectivity index (χ3v) is 4.03. The van der Waals surface area contributed by atoms with Crippen molar-refractivity contribution in [3.63, 3.8) is 0 Å². The lowest BCUT2D eigenvalue weighted by Gasteiger charge is -2.33. The Labute approximate surface area is 120 Å². The number of hydrogen-bond acceptors (Lipinski definition) is 4. The van der Waals surface area contributed by atoms with Crippen molar-refractivity contribution in [3.8, 4) is 17.6 Å². The molecule has 0 radical (unpaired) electrons. The third kappa shape index (κ3) is 3.05. The van der Waals surface area contributed by atoms with Crippen molar-refractivity contribution in [3.05, 3.63) is 23.8 Å². The highest BCUT2D eigenvalue weighted by molar-refractivity contribution is 5.44. The number of hydrogen-bond donors (Lipinski definition) is 0. The van der Waals surface area contributed by atoms with Gasteiger partial charge in [-0.3, -0.25) is 4.90 Å². The van der Waals surface area contributed by atoms with Gasteiger partial charge in [0.05, 0.1) is 20.3 Å². The third-order valence-electron chi connectivity index (χ3n) is 4.03. The molecule has 1 aromatic carbocycles. The molecule has 1 unspecified atom stereocenters. The van der Waals surface area contributed by atoms with Gasteiger partial charge in [-0.2, -0.15) is 5.26 Å². The Kier molecular flexibility index (Phi) is 4.86. The Bertz CT molecular complexity index is 488. The summed E-state index contributed by atoms with van der Waals surface area (Å²) in [6.07, 6.45) is 2.32. The average Bonchev–Trinajstić information content (AvgIpc) is 2.49. The molecule has 0 bridgehead atoms. The van der Waals surface area contributed by atoms with Crippen molar-refractivity contribution >= 4 is 0 Å². The lowest BCUT2D eigenvalue weighted by Crippen LogP contribution is -2.35. The summed E-state index contributed by atoms with van der Waals surface area (Å²) >= 11 is 0. The van der Waals surface area contributed by atoms with E-state index < -0.39 is 0 Å². The van der Waals surface area contributed by atoms with Crippen LogP contribution in [0, 0.1) is 17.2 Å². The van der Waals surface area contributed by atoms with Crippen LogP contribution in [0.4, 0.5) is 0 Å². The summed E-state index contributed by atoms with van der Waals surface area (Å²) in [5, 5.41) is 9.52. The Hall–Kier alpha value is -1.73. The van der Waals surface area contributed by atoms with Gasteiger partial charge < -0.3 is 9.47 Å². The standard InChI is InChI=1S/C16H22N2O2/c1-12-6-8-18(9-7-12)14(11-17)13-4-5-15(19-2)16(10-13)20-3/h4-5,10,12,14H,6-9H2,1-3H3. The molecule has 0 aromatic heterocycles. The minimum atomic E-state index is -0.206. The van der Waals surface area contributed by atoms with E-state index in [-0.39, 0.29) is 6.04 Å². The summed E-state index contributed by atoms with van der Waals surface area (Å²) in [6.45, 7) is 4.23. The molecule has 1 aliphatic rings. The monoisotopic (exact) mass is 274 g/mol. The Morgan fingerprint density at radius 3 is 2.40 bits per heavy atom. The van der Waals surface area contributed by atoms with E-state index in [1.165, 1.54) is 0 Å². The zero-order chi connectivity index (χ0) is 14.5. The molecule has 1 heterocycles. The van der Waals surface area contributed by atoms with E-state index in [1.807, 2.05) is 18.2 Å².